The molecule has 29 heavy (non-hydrogen) atoms. The highest BCUT2D eigenvalue weighted by atomic mass is 35.5. The number of nitrogens with one attached hydrogen (secondary N) is 1. The van der Waals surface area contributed by atoms with Crippen molar-refractivity contribution in [1.82, 2.24) is 19.4 Å². The fourth-order valence-electron chi connectivity index (χ4n) is 2.68. The highest BCUT2D eigenvalue weighted by Gasteiger charge is 2.17. The van der Waals surface area contributed by atoms with Crippen LogP contribution in [-0.4, -0.2) is 33.6 Å². The number of rotatable bonds is 6. The van der Waals surface area contributed by atoms with Gasteiger partial charge in [0.2, 0.25) is 11.8 Å². The SMILES string of the molecule is CNCC(=O)n1ccc(-n2c(C)nc(OCc3ccc(F)cc3F)c(Cl)c2=O)c1. The lowest BCUT2D eigenvalue weighted by atomic mass is 10.2. The lowest BCUT2D eigenvalue weighted by molar-refractivity contribution is 0.0915. The zero-order valence-electron chi connectivity index (χ0n) is 15.6. The smallest absolute Gasteiger partial charge is 0.280 e. The van der Waals surface area contributed by atoms with Crippen LogP contribution in [0.25, 0.3) is 5.69 Å². The molecule has 1 N–H and O–H groups in total. The summed E-state index contributed by atoms with van der Waals surface area (Å²) in [4.78, 5) is 28.8. The molecule has 0 atom stereocenters. The zero-order chi connectivity index (χ0) is 21.1. The number of hydrogen-bond donors (Lipinski definition) is 1. The van der Waals surface area contributed by atoms with Gasteiger partial charge in [0.1, 0.15) is 24.1 Å². The second-order valence-electron chi connectivity index (χ2n) is 6.14. The summed E-state index contributed by atoms with van der Waals surface area (Å²) in [5.41, 5.74) is -0.110. The van der Waals surface area contributed by atoms with E-state index in [1.807, 2.05) is 0 Å². The van der Waals surface area contributed by atoms with Gasteiger partial charge < -0.3 is 10.1 Å². The van der Waals surface area contributed by atoms with E-state index in [0.29, 0.717) is 5.69 Å². The Morgan fingerprint density at radius 2 is 2.07 bits per heavy atom. The van der Waals surface area contributed by atoms with Crippen molar-refractivity contribution < 1.29 is 18.3 Å². The van der Waals surface area contributed by atoms with Crippen LogP contribution in [0.4, 0.5) is 8.78 Å². The van der Waals surface area contributed by atoms with Crippen LogP contribution in [-0.2, 0) is 6.61 Å². The quantitative estimate of drug-likeness (QED) is 0.661. The van der Waals surface area contributed by atoms with Crippen molar-refractivity contribution in [2.24, 2.45) is 0 Å². The van der Waals surface area contributed by atoms with Gasteiger partial charge in [0.25, 0.3) is 5.56 Å². The molecule has 0 unspecified atom stereocenters. The Bertz CT molecular complexity index is 1130. The van der Waals surface area contributed by atoms with Gasteiger partial charge >= 0.3 is 0 Å². The van der Waals surface area contributed by atoms with Crippen LogP contribution in [0.5, 0.6) is 5.88 Å². The molecule has 3 aromatic rings. The summed E-state index contributed by atoms with van der Waals surface area (Å²) in [6.45, 7) is 1.42. The molecule has 0 aliphatic heterocycles. The van der Waals surface area contributed by atoms with Crippen molar-refractivity contribution >= 4 is 17.5 Å². The molecule has 3 rings (SSSR count). The number of ether oxygens (including phenoxy) is 1. The van der Waals surface area contributed by atoms with Crippen LogP contribution in [0.15, 0.2) is 41.5 Å². The van der Waals surface area contributed by atoms with Gasteiger partial charge in [-0.2, -0.15) is 4.98 Å². The van der Waals surface area contributed by atoms with Crippen molar-refractivity contribution in [3.05, 3.63) is 75.1 Å². The van der Waals surface area contributed by atoms with Crippen molar-refractivity contribution in [2.75, 3.05) is 13.6 Å². The van der Waals surface area contributed by atoms with E-state index in [1.54, 1.807) is 20.0 Å². The van der Waals surface area contributed by atoms with E-state index in [2.05, 4.69) is 10.3 Å². The number of carbonyl (C=O) groups excluding carboxylic acids is 1. The maximum absolute atomic E-state index is 13.7. The first-order chi connectivity index (χ1) is 13.8. The largest absolute Gasteiger partial charge is 0.471 e. The minimum Gasteiger partial charge on any atom is -0.471 e. The Hall–Kier alpha value is -3.04. The van der Waals surface area contributed by atoms with Gasteiger partial charge in [-0.05, 0) is 32.2 Å². The summed E-state index contributed by atoms with van der Waals surface area (Å²) < 4.78 is 34.7. The predicted octanol–water partition coefficient (Wildman–Crippen LogP) is 2.71. The van der Waals surface area contributed by atoms with Crippen LogP contribution in [0.3, 0.4) is 0 Å². The Labute approximate surface area is 169 Å². The Balaban J connectivity index is 1.88. The topological polar surface area (TPSA) is 78.2 Å². The van der Waals surface area contributed by atoms with Gasteiger partial charge in [-0.15, -0.1) is 0 Å². The molecule has 0 amide bonds. The Kier molecular flexibility index (Phi) is 6.09. The molecular formula is C19H17ClF2N4O3. The summed E-state index contributed by atoms with van der Waals surface area (Å²) in [6, 6.07) is 4.64. The minimum atomic E-state index is -0.779. The fourth-order valence-corrected chi connectivity index (χ4v) is 2.86. The third kappa shape index (κ3) is 4.36. The van der Waals surface area contributed by atoms with E-state index in [0.717, 1.165) is 12.1 Å². The Morgan fingerprint density at radius 1 is 1.31 bits per heavy atom. The molecule has 1 aromatic carbocycles. The van der Waals surface area contributed by atoms with E-state index in [9.17, 15) is 18.4 Å². The molecule has 0 saturated carbocycles. The van der Waals surface area contributed by atoms with Crippen molar-refractivity contribution in [1.29, 1.82) is 0 Å². The maximum atomic E-state index is 13.7. The summed E-state index contributed by atoms with van der Waals surface area (Å²) in [6.07, 6.45) is 3.01. The number of nitrogens with zero attached hydrogens (tertiary/aromatic N) is 3. The summed E-state index contributed by atoms with van der Waals surface area (Å²) in [7, 11) is 1.65. The normalized spacial score (nSPS) is 10.9. The average Bonchev–Trinajstić information content (AvgIpc) is 3.15. The molecule has 2 heterocycles. The van der Waals surface area contributed by atoms with Gasteiger partial charge in [0.15, 0.2) is 5.02 Å². The third-order valence-electron chi connectivity index (χ3n) is 4.10. The number of aromatic nitrogens is 3. The summed E-state index contributed by atoms with van der Waals surface area (Å²) >= 11 is 6.11. The van der Waals surface area contributed by atoms with Crippen LogP contribution >= 0.6 is 11.6 Å². The standard InChI is InChI=1S/C19H17ClF2N4O3/c1-11-24-18(29-10-12-3-4-13(21)7-15(12)22)17(20)19(28)26(11)14-5-6-25(9-14)16(27)8-23-2/h3-7,9,23H,8,10H2,1-2H3. The highest BCUT2D eigenvalue weighted by Crippen LogP contribution is 2.22. The highest BCUT2D eigenvalue weighted by molar-refractivity contribution is 6.31. The second kappa shape index (κ2) is 8.54. The molecule has 0 spiro atoms. The van der Waals surface area contributed by atoms with E-state index in [-0.39, 0.29) is 41.3 Å². The molecule has 0 aliphatic rings. The first kappa shape index (κ1) is 20.7. The van der Waals surface area contributed by atoms with Gasteiger partial charge in [-0.3, -0.25) is 18.7 Å². The van der Waals surface area contributed by atoms with Crippen LogP contribution < -0.4 is 15.6 Å². The zero-order valence-corrected chi connectivity index (χ0v) is 16.3. The van der Waals surface area contributed by atoms with Gasteiger partial charge in [0, 0.05) is 24.0 Å². The number of aryl methyl sites for hydroxylation is 1. The molecule has 10 heteroatoms. The monoisotopic (exact) mass is 422 g/mol. The molecule has 0 aliphatic carbocycles. The van der Waals surface area contributed by atoms with Crippen molar-refractivity contribution in [2.45, 2.75) is 13.5 Å². The molecule has 0 fully saturated rings. The molecule has 7 nitrogen and oxygen atoms in total. The molecule has 0 bridgehead atoms. The molecule has 2 aromatic heterocycles. The van der Waals surface area contributed by atoms with E-state index >= 15 is 0 Å². The number of hydrogen-bond acceptors (Lipinski definition) is 5. The third-order valence-corrected chi connectivity index (χ3v) is 4.42. The second-order valence-corrected chi connectivity index (χ2v) is 6.52. The van der Waals surface area contributed by atoms with Gasteiger partial charge in [0.05, 0.1) is 12.2 Å². The van der Waals surface area contributed by atoms with Crippen LogP contribution in [0, 0.1) is 18.6 Å². The minimum absolute atomic E-state index is 0.0891. The summed E-state index contributed by atoms with van der Waals surface area (Å²) in [5.74, 6) is -1.60. The van der Waals surface area contributed by atoms with Crippen LogP contribution in [0.1, 0.15) is 16.2 Å². The Morgan fingerprint density at radius 3 is 2.76 bits per heavy atom. The molecule has 0 radical (unpaired) electrons. The van der Waals surface area contributed by atoms with E-state index in [4.69, 9.17) is 16.3 Å². The summed E-state index contributed by atoms with van der Waals surface area (Å²) in [5, 5.41) is 2.45. The van der Waals surface area contributed by atoms with Gasteiger partial charge in [-0.25, -0.2) is 8.78 Å². The van der Waals surface area contributed by atoms with E-state index < -0.39 is 17.2 Å². The first-order valence-corrected chi connectivity index (χ1v) is 8.91. The van der Waals surface area contributed by atoms with Crippen molar-refractivity contribution in [3.63, 3.8) is 0 Å². The van der Waals surface area contributed by atoms with Crippen molar-refractivity contribution in [3.8, 4) is 11.6 Å². The fraction of sp³-hybridized carbons (Fsp3) is 0.211. The van der Waals surface area contributed by atoms with E-state index in [1.165, 1.54) is 27.6 Å². The molecule has 152 valence electrons. The van der Waals surface area contributed by atoms with Gasteiger partial charge in [-0.1, -0.05) is 11.6 Å². The number of benzene rings is 1. The number of halogens is 3. The lowest BCUT2D eigenvalue weighted by Crippen LogP contribution is -2.24. The predicted molar refractivity (Wildman–Crippen MR) is 103 cm³/mol. The first-order valence-electron chi connectivity index (χ1n) is 8.54. The molecular weight excluding hydrogens is 406 g/mol. The average molecular weight is 423 g/mol. The number of likely N-dealkylation sites (N-methyl/N-ethyl adjacent to an activating group) is 1. The maximum Gasteiger partial charge on any atom is 0.280 e. The lowest BCUT2D eigenvalue weighted by Gasteiger charge is -2.12. The number of carbonyl (C=O) groups is 1. The van der Waals surface area contributed by atoms with Crippen LogP contribution in [0.2, 0.25) is 5.02 Å². The molecule has 0 saturated heterocycles.